The largest absolute Gasteiger partial charge is 0.493 e. The average molecular weight is 443 g/mol. The molecule has 3 rings (SSSR count). The minimum Gasteiger partial charge on any atom is -0.493 e. The van der Waals surface area contributed by atoms with Gasteiger partial charge in [-0.25, -0.2) is 18.4 Å². The van der Waals surface area contributed by atoms with Crippen LogP contribution in [-0.4, -0.2) is 36.1 Å². The van der Waals surface area contributed by atoms with Crippen LogP contribution >= 0.6 is 0 Å². The Morgan fingerprint density at radius 2 is 1.81 bits per heavy atom. The van der Waals surface area contributed by atoms with Gasteiger partial charge in [0.25, 0.3) is 10.0 Å². The lowest BCUT2D eigenvalue weighted by molar-refractivity contribution is -0.137. The van der Waals surface area contributed by atoms with Gasteiger partial charge in [0.05, 0.1) is 11.5 Å². The van der Waals surface area contributed by atoms with Crippen molar-refractivity contribution in [3.05, 3.63) is 66.5 Å². The second-order valence-corrected chi connectivity index (χ2v) is 8.22. The highest BCUT2D eigenvalue weighted by Crippen LogP contribution is 2.25. The summed E-state index contributed by atoms with van der Waals surface area (Å²) in [5.41, 5.74) is 0.998. The molecule has 2 N–H and O–H groups in total. The van der Waals surface area contributed by atoms with Crippen molar-refractivity contribution in [3.63, 3.8) is 0 Å². The van der Waals surface area contributed by atoms with Gasteiger partial charge in [-0.2, -0.15) is 0 Å². The molecule has 0 aliphatic rings. The molecule has 0 aliphatic carbocycles. The fourth-order valence-corrected chi connectivity index (χ4v) is 3.75. The van der Waals surface area contributed by atoms with Crippen molar-refractivity contribution in [1.82, 2.24) is 9.97 Å². The molecule has 0 unspecified atom stereocenters. The van der Waals surface area contributed by atoms with Crippen molar-refractivity contribution in [2.24, 2.45) is 0 Å². The topological polar surface area (TPSA) is 128 Å². The zero-order chi connectivity index (χ0) is 22.3. The van der Waals surface area contributed by atoms with E-state index >= 15 is 0 Å². The first-order valence-electron chi connectivity index (χ1n) is 9.36. The predicted octanol–water partition coefficient (Wildman–Crippen LogP) is 3.62. The summed E-state index contributed by atoms with van der Waals surface area (Å²) in [5.74, 6) is 0.0872. The van der Waals surface area contributed by atoms with Crippen LogP contribution in [0.4, 0.5) is 5.69 Å². The number of ether oxygens (including phenoxy) is 2. The Hall–Kier alpha value is -3.66. The van der Waals surface area contributed by atoms with Crippen LogP contribution in [0.15, 0.2) is 65.8 Å². The summed E-state index contributed by atoms with van der Waals surface area (Å²) >= 11 is 0. The van der Waals surface area contributed by atoms with E-state index in [0.717, 1.165) is 0 Å². The van der Waals surface area contributed by atoms with E-state index < -0.39 is 16.0 Å². The van der Waals surface area contributed by atoms with Crippen LogP contribution in [0.2, 0.25) is 0 Å². The molecule has 162 valence electrons. The highest BCUT2D eigenvalue weighted by molar-refractivity contribution is 7.92. The van der Waals surface area contributed by atoms with Crippen LogP contribution < -0.4 is 14.2 Å². The molecule has 0 amide bonds. The SMILES string of the molecule is Cc1cc(S(=O)(=O)Nc2ccc(Oc3ncccn3)cc2)ccc1OCCCC(=O)O. The van der Waals surface area contributed by atoms with Gasteiger partial charge in [-0.3, -0.25) is 9.52 Å². The Kier molecular flexibility index (Phi) is 7.03. The number of aliphatic carboxylic acids is 1. The number of carbonyl (C=O) groups is 1. The second kappa shape index (κ2) is 9.90. The molecule has 1 heterocycles. The molecule has 0 bridgehead atoms. The van der Waals surface area contributed by atoms with E-state index in [9.17, 15) is 13.2 Å². The van der Waals surface area contributed by atoms with Gasteiger partial charge in [0.2, 0.25) is 0 Å². The summed E-state index contributed by atoms with van der Waals surface area (Å²) in [6.07, 6.45) is 3.49. The molecule has 0 saturated carbocycles. The molecule has 0 aliphatic heterocycles. The lowest BCUT2D eigenvalue weighted by atomic mass is 10.2. The number of carboxylic acid groups (broad SMARTS) is 1. The van der Waals surface area contributed by atoms with Crippen LogP contribution in [-0.2, 0) is 14.8 Å². The Bertz CT molecular complexity index is 1140. The summed E-state index contributed by atoms with van der Waals surface area (Å²) in [4.78, 5) is 18.5. The van der Waals surface area contributed by atoms with Crippen molar-refractivity contribution in [1.29, 1.82) is 0 Å². The molecule has 0 spiro atoms. The van der Waals surface area contributed by atoms with Crippen molar-refractivity contribution in [2.75, 3.05) is 11.3 Å². The van der Waals surface area contributed by atoms with E-state index in [1.807, 2.05) is 0 Å². The van der Waals surface area contributed by atoms with Crippen LogP contribution in [0.1, 0.15) is 18.4 Å². The third-order valence-electron chi connectivity index (χ3n) is 4.11. The van der Waals surface area contributed by atoms with Crippen molar-refractivity contribution < 1.29 is 27.8 Å². The van der Waals surface area contributed by atoms with E-state index in [1.165, 1.54) is 12.1 Å². The van der Waals surface area contributed by atoms with Crippen molar-refractivity contribution >= 4 is 21.7 Å². The lowest BCUT2D eigenvalue weighted by Crippen LogP contribution is -2.13. The fraction of sp³-hybridized carbons (Fsp3) is 0.190. The smallest absolute Gasteiger partial charge is 0.321 e. The Labute approximate surface area is 179 Å². The molecule has 0 fully saturated rings. The third kappa shape index (κ3) is 6.41. The van der Waals surface area contributed by atoms with Gasteiger partial charge in [0.15, 0.2) is 0 Å². The van der Waals surface area contributed by atoms with Crippen molar-refractivity contribution in [3.8, 4) is 17.5 Å². The maximum absolute atomic E-state index is 12.7. The molecular formula is C21H21N3O6S. The first kappa shape index (κ1) is 22.0. The molecule has 10 heteroatoms. The normalized spacial score (nSPS) is 11.0. The Morgan fingerprint density at radius 3 is 2.45 bits per heavy atom. The first-order chi connectivity index (χ1) is 14.8. The van der Waals surface area contributed by atoms with Crippen LogP contribution in [0.25, 0.3) is 0 Å². The predicted molar refractivity (Wildman–Crippen MR) is 113 cm³/mol. The van der Waals surface area contributed by atoms with Gasteiger partial charge < -0.3 is 14.6 Å². The van der Waals surface area contributed by atoms with Crippen LogP contribution in [0.5, 0.6) is 17.5 Å². The summed E-state index contributed by atoms with van der Waals surface area (Å²) in [6.45, 7) is 1.96. The summed E-state index contributed by atoms with van der Waals surface area (Å²) in [5, 5.41) is 8.65. The van der Waals surface area contributed by atoms with Crippen LogP contribution in [0, 0.1) is 6.92 Å². The van der Waals surface area contributed by atoms with Gasteiger partial charge in [-0.15, -0.1) is 0 Å². The minimum absolute atomic E-state index is 0.0115. The molecule has 0 radical (unpaired) electrons. The highest BCUT2D eigenvalue weighted by Gasteiger charge is 2.16. The quantitative estimate of drug-likeness (QED) is 0.455. The molecule has 2 aromatic carbocycles. The van der Waals surface area contributed by atoms with Gasteiger partial charge in [0, 0.05) is 24.5 Å². The standard InChI is InChI=1S/C21H21N3O6S/c1-15-14-18(9-10-19(15)29-13-2-4-20(25)26)31(27,28)24-16-5-7-17(8-6-16)30-21-22-11-3-12-23-21/h3,5-12,14,24H,2,4,13H2,1H3,(H,25,26). The third-order valence-corrected chi connectivity index (χ3v) is 5.49. The molecule has 0 atom stereocenters. The number of hydrogen-bond acceptors (Lipinski definition) is 7. The molecule has 31 heavy (non-hydrogen) atoms. The minimum atomic E-state index is -3.81. The van der Waals surface area contributed by atoms with Gasteiger partial charge in [-0.1, -0.05) is 0 Å². The maximum Gasteiger partial charge on any atom is 0.321 e. The monoisotopic (exact) mass is 443 g/mol. The van der Waals surface area contributed by atoms with Gasteiger partial charge >= 0.3 is 12.0 Å². The summed E-state index contributed by atoms with van der Waals surface area (Å²) < 4.78 is 38.9. The van der Waals surface area contributed by atoms with Gasteiger partial charge in [0.1, 0.15) is 11.5 Å². The molecule has 3 aromatic rings. The van der Waals surface area contributed by atoms with Crippen molar-refractivity contribution in [2.45, 2.75) is 24.7 Å². The summed E-state index contributed by atoms with van der Waals surface area (Å²) in [6, 6.07) is 12.7. The van der Waals surface area contributed by atoms with Gasteiger partial charge in [-0.05, 0) is 67.4 Å². The zero-order valence-corrected chi connectivity index (χ0v) is 17.5. The lowest BCUT2D eigenvalue weighted by Gasteiger charge is -2.12. The first-order valence-corrected chi connectivity index (χ1v) is 10.8. The second-order valence-electron chi connectivity index (χ2n) is 6.54. The number of rotatable bonds is 10. The van der Waals surface area contributed by atoms with Crippen LogP contribution in [0.3, 0.4) is 0 Å². The highest BCUT2D eigenvalue weighted by atomic mass is 32.2. The average Bonchev–Trinajstić information content (AvgIpc) is 2.74. The Morgan fingerprint density at radius 1 is 1.10 bits per heavy atom. The number of aromatic nitrogens is 2. The fourth-order valence-electron chi connectivity index (χ4n) is 2.61. The zero-order valence-electron chi connectivity index (χ0n) is 16.7. The number of nitrogens with zero attached hydrogens (tertiary/aromatic N) is 2. The van der Waals surface area contributed by atoms with E-state index in [2.05, 4.69) is 14.7 Å². The van der Waals surface area contributed by atoms with E-state index in [1.54, 1.807) is 55.7 Å². The molecule has 0 saturated heterocycles. The number of benzene rings is 2. The van der Waals surface area contributed by atoms with E-state index in [0.29, 0.717) is 29.2 Å². The number of sulfonamides is 1. The van der Waals surface area contributed by atoms with E-state index in [4.69, 9.17) is 14.6 Å². The Balaban J connectivity index is 1.63. The molecule has 1 aromatic heterocycles. The molecule has 9 nitrogen and oxygen atoms in total. The van der Waals surface area contributed by atoms with E-state index in [-0.39, 0.29) is 23.9 Å². The number of anilines is 1. The number of carboxylic acids is 1. The number of aryl methyl sites for hydroxylation is 1. The summed E-state index contributed by atoms with van der Waals surface area (Å²) in [7, 11) is -3.81. The molecular weight excluding hydrogens is 422 g/mol. The number of nitrogens with one attached hydrogen (secondary N) is 1. The maximum atomic E-state index is 12.7. The number of hydrogen-bond donors (Lipinski definition) is 2.